The van der Waals surface area contributed by atoms with Crippen LogP contribution >= 0.6 is 27.7 Å². The lowest BCUT2D eigenvalue weighted by molar-refractivity contribution is -0.113. The molecular formula is C17H15BrN4O3S. The molecule has 0 unspecified atom stereocenters. The first-order chi connectivity index (χ1) is 12.4. The van der Waals surface area contributed by atoms with Gasteiger partial charge in [-0.2, -0.15) is 0 Å². The summed E-state index contributed by atoms with van der Waals surface area (Å²) in [5, 5.41) is 11.6. The van der Waals surface area contributed by atoms with Crippen molar-refractivity contribution in [2.24, 2.45) is 7.05 Å². The van der Waals surface area contributed by atoms with Crippen molar-refractivity contribution in [1.82, 2.24) is 14.8 Å². The number of halogens is 1. The van der Waals surface area contributed by atoms with Gasteiger partial charge in [0, 0.05) is 18.3 Å². The number of furan rings is 1. The molecule has 1 amide bonds. The van der Waals surface area contributed by atoms with Gasteiger partial charge in [-0.1, -0.05) is 11.8 Å². The molecule has 0 aliphatic carbocycles. The Kier molecular flexibility index (Phi) is 5.58. The Balaban J connectivity index is 1.59. The minimum absolute atomic E-state index is 0.0138. The largest absolute Gasteiger partial charge is 0.446 e. The van der Waals surface area contributed by atoms with E-state index < -0.39 is 0 Å². The molecular weight excluding hydrogens is 420 g/mol. The molecule has 26 heavy (non-hydrogen) atoms. The zero-order chi connectivity index (χ0) is 18.7. The van der Waals surface area contributed by atoms with E-state index in [9.17, 15) is 9.59 Å². The Labute approximate surface area is 162 Å². The molecule has 0 aliphatic heterocycles. The molecule has 0 bridgehead atoms. The van der Waals surface area contributed by atoms with Crippen molar-refractivity contribution in [2.75, 3.05) is 11.1 Å². The standard InChI is InChI=1S/C17H15BrN4O3S/c1-10(23)11-3-5-12(6-4-11)19-15(24)9-26-17-21-20-16(22(17)2)13-7-8-14(18)25-13/h3-8H,9H2,1-2H3,(H,19,24). The van der Waals surface area contributed by atoms with Gasteiger partial charge < -0.3 is 14.3 Å². The number of thioether (sulfide) groups is 1. The van der Waals surface area contributed by atoms with Crippen LogP contribution in [-0.2, 0) is 11.8 Å². The molecule has 3 aromatic rings. The molecule has 0 aliphatic rings. The van der Waals surface area contributed by atoms with Crippen LogP contribution in [0.3, 0.4) is 0 Å². The lowest BCUT2D eigenvalue weighted by atomic mass is 10.1. The third-order valence-corrected chi connectivity index (χ3v) is 4.98. The van der Waals surface area contributed by atoms with Gasteiger partial charge in [-0.25, -0.2) is 0 Å². The van der Waals surface area contributed by atoms with Crippen molar-refractivity contribution < 1.29 is 14.0 Å². The van der Waals surface area contributed by atoms with Gasteiger partial charge in [0.05, 0.1) is 5.75 Å². The van der Waals surface area contributed by atoms with Crippen LogP contribution in [-0.4, -0.2) is 32.2 Å². The van der Waals surface area contributed by atoms with Gasteiger partial charge in [0.15, 0.2) is 27.2 Å². The van der Waals surface area contributed by atoms with Crippen molar-refractivity contribution in [1.29, 1.82) is 0 Å². The molecule has 3 rings (SSSR count). The van der Waals surface area contributed by atoms with E-state index in [1.807, 2.05) is 7.05 Å². The molecule has 0 atom stereocenters. The van der Waals surface area contributed by atoms with E-state index in [-0.39, 0.29) is 17.4 Å². The number of Topliss-reactive ketones (excluding diaryl/α,β-unsaturated/α-hetero) is 1. The highest BCUT2D eigenvalue weighted by molar-refractivity contribution is 9.10. The number of ketones is 1. The number of amides is 1. The summed E-state index contributed by atoms with van der Waals surface area (Å²) in [5.74, 6) is 1.17. The normalized spacial score (nSPS) is 10.7. The summed E-state index contributed by atoms with van der Waals surface area (Å²) in [7, 11) is 1.81. The maximum absolute atomic E-state index is 12.1. The van der Waals surface area contributed by atoms with Crippen LogP contribution in [0.2, 0.25) is 0 Å². The second-order valence-electron chi connectivity index (χ2n) is 5.44. The average Bonchev–Trinajstić information content (AvgIpc) is 3.19. The van der Waals surface area contributed by atoms with E-state index in [2.05, 4.69) is 31.4 Å². The molecule has 134 valence electrons. The number of hydrogen-bond donors (Lipinski definition) is 1. The summed E-state index contributed by atoms with van der Waals surface area (Å²) >= 11 is 4.53. The highest BCUT2D eigenvalue weighted by Gasteiger charge is 2.15. The van der Waals surface area contributed by atoms with E-state index in [0.717, 1.165) is 0 Å². The molecule has 9 heteroatoms. The van der Waals surface area contributed by atoms with Crippen molar-refractivity contribution in [3.8, 4) is 11.6 Å². The zero-order valence-electron chi connectivity index (χ0n) is 14.0. The molecule has 2 aromatic heterocycles. The summed E-state index contributed by atoms with van der Waals surface area (Å²) in [6.45, 7) is 1.50. The number of carbonyl (C=O) groups excluding carboxylic acids is 2. The van der Waals surface area contributed by atoms with E-state index in [4.69, 9.17) is 4.42 Å². The van der Waals surface area contributed by atoms with Crippen molar-refractivity contribution in [2.45, 2.75) is 12.1 Å². The molecule has 2 heterocycles. The summed E-state index contributed by atoms with van der Waals surface area (Å²) in [4.78, 5) is 23.4. The second-order valence-corrected chi connectivity index (χ2v) is 7.16. The highest BCUT2D eigenvalue weighted by Crippen LogP contribution is 2.26. The summed E-state index contributed by atoms with van der Waals surface area (Å²) in [6, 6.07) is 10.3. The average molecular weight is 435 g/mol. The molecule has 7 nitrogen and oxygen atoms in total. The van der Waals surface area contributed by atoms with Crippen LogP contribution in [0.25, 0.3) is 11.6 Å². The topological polar surface area (TPSA) is 90.0 Å². The first-order valence-corrected chi connectivity index (χ1v) is 9.40. The Hall–Kier alpha value is -2.39. The molecule has 0 fully saturated rings. The third kappa shape index (κ3) is 4.23. The number of benzene rings is 1. The van der Waals surface area contributed by atoms with Gasteiger partial charge >= 0.3 is 0 Å². The number of rotatable bonds is 6. The Bertz CT molecular complexity index is 949. The predicted octanol–water partition coefficient (Wildman–Crippen LogP) is 3.77. The van der Waals surface area contributed by atoms with Gasteiger partial charge in [0.2, 0.25) is 5.91 Å². The molecule has 0 saturated carbocycles. The van der Waals surface area contributed by atoms with Crippen LogP contribution in [0.4, 0.5) is 5.69 Å². The smallest absolute Gasteiger partial charge is 0.234 e. The predicted molar refractivity (Wildman–Crippen MR) is 102 cm³/mol. The number of nitrogens with one attached hydrogen (secondary N) is 1. The van der Waals surface area contributed by atoms with Crippen LogP contribution in [0.5, 0.6) is 0 Å². The van der Waals surface area contributed by atoms with E-state index >= 15 is 0 Å². The molecule has 0 spiro atoms. The number of hydrogen-bond acceptors (Lipinski definition) is 6. The minimum atomic E-state index is -0.170. The Morgan fingerprint density at radius 2 is 1.92 bits per heavy atom. The fourth-order valence-electron chi connectivity index (χ4n) is 2.21. The maximum atomic E-state index is 12.1. The quantitative estimate of drug-likeness (QED) is 0.468. The molecule has 0 saturated heterocycles. The lowest BCUT2D eigenvalue weighted by Crippen LogP contribution is -2.14. The van der Waals surface area contributed by atoms with E-state index in [0.29, 0.717) is 32.7 Å². The lowest BCUT2D eigenvalue weighted by Gasteiger charge is -2.06. The zero-order valence-corrected chi connectivity index (χ0v) is 16.4. The van der Waals surface area contributed by atoms with Gasteiger partial charge in [0.25, 0.3) is 0 Å². The summed E-state index contributed by atoms with van der Waals surface area (Å²) in [5.41, 5.74) is 1.24. The third-order valence-electron chi connectivity index (χ3n) is 3.54. The van der Waals surface area contributed by atoms with Gasteiger partial charge in [-0.05, 0) is 59.3 Å². The fraction of sp³-hybridized carbons (Fsp3) is 0.176. The number of anilines is 1. The van der Waals surface area contributed by atoms with Crippen LogP contribution in [0.15, 0.2) is 50.6 Å². The fourth-order valence-corrected chi connectivity index (χ4v) is 3.22. The first kappa shape index (κ1) is 18.4. The van der Waals surface area contributed by atoms with Crippen LogP contribution in [0.1, 0.15) is 17.3 Å². The maximum Gasteiger partial charge on any atom is 0.234 e. The molecule has 1 N–H and O–H groups in total. The van der Waals surface area contributed by atoms with Gasteiger partial charge in [-0.15, -0.1) is 10.2 Å². The van der Waals surface area contributed by atoms with E-state index in [1.54, 1.807) is 41.0 Å². The SMILES string of the molecule is CC(=O)c1ccc(NC(=O)CSc2nnc(-c3ccc(Br)o3)n2C)cc1. The van der Waals surface area contributed by atoms with Crippen LogP contribution < -0.4 is 5.32 Å². The van der Waals surface area contributed by atoms with Crippen molar-refractivity contribution in [3.05, 3.63) is 46.6 Å². The second kappa shape index (κ2) is 7.88. The van der Waals surface area contributed by atoms with Crippen molar-refractivity contribution in [3.63, 3.8) is 0 Å². The van der Waals surface area contributed by atoms with Crippen LogP contribution in [0, 0.1) is 0 Å². The monoisotopic (exact) mass is 434 g/mol. The number of nitrogens with zero attached hydrogens (tertiary/aromatic N) is 3. The number of aromatic nitrogens is 3. The minimum Gasteiger partial charge on any atom is -0.446 e. The van der Waals surface area contributed by atoms with E-state index in [1.165, 1.54) is 18.7 Å². The van der Waals surface area contributed by atoms with Gasteiger partial charge in [0.1, 0.15) is 0 Å². The Morgan fingerprint density at radius 1 is 1.19 bits per heavy atom. The molecule has 0 radical (unpaired) electrons. The first-order valence-electron chi connectivity index (χ1n) is 7.63. The summed E-state index contributed by atoms with van der Waals surface area (Å²) < 4.78 is 7.86. The molecule has 1 aromatic carbocycles. The van der Waals surface area contributed by atoms with Gasteiger partial charge in [-0.3, -0.25) is 9.59 Å². The number of carbonyl (C=O) groups is 2. The van der Waals surface area contributed by atoms with Crippen molar-refractivity contribution >= 4 is 45.1 Å². The highest BCUT2D eigenvalue weighted by atomic mass is 79.9. The Morgan fingerprint density at radius 3 is 2.54 bits per heavy atom. The summed E-state index contributed by atoms with van der Waals surface area (Å²) in [6.07, 6.45) is 0.